The summed E-state index contributed by atoms with van der Waals surface area (Å²) >= 11 is 0. The molecule has 0 aliphatic heterocycles. The highest BCUT2D eigenvalue weighted by Crippen LogP contribution is 1.64. The van der Waals surface area contributed by atoms with Gasteiger partial charge in [0, 0.05) is 19.2 Å². The molecule has 0 spiro atoms. The van der Waals surface area contributed by atoms with Crippen molar-refractivity contribution in [3.8, 4) is 0 Å². The van der Waals surface area contributed by atoms with Crippen molar-refractivity contribution in [1.29, 1.82) is 0 Å². The topological polar surface area (TPSA) is 64.9 Å². The Kier molecular flexibility index (Phi) is 4.92. The van der Waals surface area contributed by atoms with Crippen molar-refractivity contribution in [2.75, 3.05) is 6.54 Å². The van der Waals surface area contributed by atoms with E-state index in [0.29, 0.717) is 13.0 Å². The van der Waals surface area contributed by atoms with E-state index in [1.165, 1.54) is 6.21 Å². The minimum atomic E-state index is 0.421. The number of nitrogens with one attached hydrogen (secondary N) is 1. The largest absolute Gasteiger partial charge is 0.411 e. The summed E-state index contributed by atoms with van der Waals surface area (Å²) in [5.74, 6) is 0. The summed E-state index contributed by atoms with van der Waals surface area (Å²) in [6.07, 6.45) is 1.83. The Bertz CT molecular complexity index is 54.9. The van der Waals surface area contributed by atoms with Crippen LogP contribution < -0.4 is 5.48 Å². The fourth-order valence-corrected chi connectivity index (χ4v) is 0.187. The van der Waals surface area contributed by atoms with E-state index in [1.54, 1.807) is 0 Å². The third-order valence-electron chi connectivity index (χ3n) is 0.467. The van der Waals surface area contributed by atoms with Crippen LogP contribution in [0, 0.1) is 0 Å². The summed E-state index contributed by atoms with van der Waals surface area (Å²) < 4.78 is 0. The van der Waals surface area contributed by atoms with Gasteiger partial charge in [-0.15, -0.1) is 5.16 Å². The van der Waals surface area contributed by atoms with Gasteiger partial charge in [-0.2, -0.15) is 0 Å². The van der Waals surface area contributed by atoms with Gasteiger partial charge < -0.3 is 10.4 Å². The van der Waals surface area contributed by atoms with E-state index in [-0.39, 0.29) is 0 Å². The fraction of sp³-hybridized carbons (Fsp3) is 0.667. The minimum absolute atomic E-state index is 0.421. The molecule has 0 aliphatic rings. The van der Waals surface area contributed by atoms with Crippen molar-refractivity contribution in [2.24, 2.45) is 5.16 Å². The van der Waals surface area contributed by atoms with Crippen LogP contribution in [0.3, 0.4) is 0 Å². The lowest BCUT2D eigenvalue weighted by Gasteiger charge is -1.85. The van der Waals surface area contributed by atoms with Crippen molar-refractivity contribution in [3.05, 3.63) is 0 Å². The fourth-order valence-electron chi connectivity index (χ4n) is 0.187. The number of hydroxylamine groups is 1. The van der Waals surface area contributed by atoms with Crippen LogP contribution in [-0.2, 0) is 0 Å². The molecule has 0 saturated heterocycles. The SMILES string of the molecule is O/N=C/CCNO. The molecule has 0 aromatic rings. The molecule has 0 aliphatic carbocycles. The summed E-state index contributed by atoms with van der Waals surface area (Å²) in [6, 6.07) is 0. The lowest BCUT2D eigenvalue weighted by Crippen LogP contribution is -2.08. The third-order valence-corrected chi connectivity index (χ3v) is 0.467. The summed E-state index contributed by atoms with van der Waals surface area (Å²) in [4.78, 5) is 0. The monoisotopic (exact) mass is 104 g/mol. The predicted molar refractivity (Wildman–Crippen MR) is 24.7 cm³/mol. The second-order valence-electron chi connectivity index (χ2n) is 0.995. The first kappa shape index (κ1) is 6.39. The Morgan fingerprint density at radius 3 is 2.86 bits per heavy atom. The normalized spacial score (nSPS) is 10.4. The van der Waals surface area contributed by atoms with Crippen molar-refractivity contribution in [2.45, 2.75) is 6.42 Å². The van der Waals surface area contributed by atoms with Crippen molar-refractivity contribution >= 4 is 6.21 Å². The molecular formula is C3H8N2O2. The average molecular weight is 104 g/mol. The summed E-state index contributed by atoms with van der Waals surface area (Å²) in [7, 11) is 0. The molecule has 3 N–H and O–H groups in total. The zero-order chi connectivity index (χ0) is 5.54. The van der Waals surface area contributed by atoms with Gasteiger partial charge in [0.05, 0.1) is 0 Å². The van der Waals surface area contributed by atoms with Crippen LogP contribution in [0.1, 0.15) is 6.42 Å². The molecule has 0 radical (unpaired) electrons. The van der Waals surface area contributed by atoms with Crippen molar-refractivity contribution in [1.82, 2.24) is 5.48 Å². The van der Waals surface area contributed by atoms with Gasteiger partial charge in [-0.1, -0.05) is 0 Å². The number of nitrogens with zero attached hydrogens (tertiary/aromatic N) is 1. The number of hydrogen-bond acceptors (Lipinski definition) is 4. The van der Waals surface area contributed by atoms with Crippen LogP contribution in [0.2, 0.25) is 0 Å². The van der Waals surface area contributed by atoms with Gasteiger partial charge in [-0.3, -0.25) is 0 Å². The van der Waals surface area contributed by atoms with Crippen LogP contribution in [0.4, 0.5) is 0 Å². The Hall–Kier alpha value is -0.610. The molecule has 0 amide bonds. The van der Waals surface area contributed by atoms with E-state index >= 15 is 0 Å². The molecule has 0 rings (SSSR count). The van der Waals surface area contributed by atoms with Gasteiger partial charge in [0.2, 0.25) is 0 Å². The van der Waals surface area contributed by atoms with E-state index in [1.807, 2.05) is 5.48 Å². The van der Waals surface area contributed by atoms with Gasteiger partial charge in [0.1, 0.15) is 0 Å². The quantitative estimate of drug-likeness (QED) is 0.201. The molecule has 0 atom stereocenters. The summed E-state index contributed by atoms with van der Waals surface area (Å²) in [5.41, 5.74) is 1.90. The first-order valence-corrected chi connectivity index (χ1v) is 1.94. The molecular weight excluding hydrogens is 96.0 g/mol. The highest BCUT2D eigenvalue weighted by Gasteiger charge is 1.74. The molecule has 0 aromatic carbocycles. The highest BCUT2D eigenvalue weighted by atomic mass is 16.5. The van der Waals surface area contributed by atoms with Crippen LogP contribution >= 0.6 is 0 Å². The number of hydrogen-bond donors (Lipinski definition) is 3. The average Bonchev–Trinajstić information content (AvgIpc) is 1.69. The lowest BCUT2D eigenvalue weighted by molar-refractivity contribution is 0.170. The van der Waals surface area contributed by atoms with E-state index < -0.39 is 0 Å². The van der Waals surface area contributed by atoms with Crippen molar-refractivity contribution < 1.29 is 10.4 Å². The van der Waals surface area contributed by atoms with Crippen LogP contribution in [0.15, 0.2) is 5.16 Å². The molecule has 7 heavy (non-hydrogen) atoms. The second kappa shape index (κ2) is 5.39. The predicted octanol–water partition coefficient (Wildman–Crippen LogP) is -0.185. The van der Waals surface area contributed by atoms with Gasteiger partial charge in [0.25, 0.3) is 0 Å². The molecule has 0 saturated carbocycles. The molecule has 0 unspecified atom stereocenters. The van der Waals surface area contributed by atoms with E-state index in [0.717, 1.165) is 0 Å². The Labute approximate surface area is 41.4 Å². The first-order chi connectivity index (χ1) is 3.41. The van der Waals surface area contributed by atoms with E-state index in [9.17, 15) is 0 Å². The zero-order valence-corrected chi connectivity index (χ0v) is 3.83. The summed E-state index contributed by atoms with van der Waals surface area (Å²) in [5, 5.41) is 18.3. The Morgan fingerprint density at radius 1 is 1.71 bits per heavy atom. The van der Waals surface area contributed by atoms with Crippen LogP contribution in [0.5, 0.6) is 0 Å². The molecule has 0 fully saturated rings. The Balaban J connectivity index is 2.69. The minimum Gasteiger partial charge on any atom is -0.411 e. The standard InChI is InChI=1S/C3H8N2O2/c6-4-2-1-3-5-7/h2,5-7H,1,3H2/b4-2+. The van der Waals surface area contributed by atoms with Gasteiger partial charge >= 0.3 is 0 Å². The Morgan fingerprint density at radius 2 is 2.43 bits per heavy atom. The van der Waals surface area contributed by atoms with E-state index in [4.69, 9.17) is 10.4 Å². The maximum atomic E-state index is 7.90. The molecule has 4 nitrogen and oxygen atoms in total. The zero-order valence-electron chi connectivity index (χ0n) is 3.83. The number of oxime groups is 1. The van der Waals surface area contributed by atoms with Gasteiger partial charge in [-0.25, -0.2) is 5.48 Å². The molecule has 0 heterocycles. The third kappa shape index (κ3) is 5.39. The second-order valence-corrected chi connectivity index (χ2v) is 0.995. The molecule has 0 aromatic heterocycles. The summed E-state index contributed by atoms with van der Waals surface area (Å²) in [6.45, 7) is 0.421. The van der Waals surface area contributed by atoms with Gasteiger partial charge in [-0.05, 0) is 0 Å². The maximum absolute atomic E-state index is 7.90. The molecule has 42 valence electrons. The lowest BCUT2D eigenvalue weighted by atomic mass is 10.5. The van der Waals surface area contributed by atoms with E-state index in [2.05, 4.69) is 5.16 Å². The van der Waals surface area contributed by atoms with Gasteiger partial charge in [0.15, 0.2) is 0 Å². The first-order valence-electron chi connectivity index (χ1n) is 1.94. The smallest absolute Gasteiger partial charge is 0.0449 e. The van der Waals surface area contributed by atoms with Crippen LogP contribution in [-0.4, -0.2) is 23.2 Å². The van der Waals surface area contributed by atoms with Crippen LogP contribution in [0.25, 0.3) is 0 Å². The molecule has 4 heteroatoms. The van der Waals surface area contributed by atoms with Crippen molar-refractivity contribution in [3.63, 3.8) is 0 Å². The molecule has 0 bridgehead atoms. The highest BCUT2D eigenvalue weighted by molar-refractivity contribution is 5.56. The maximum Gasteiger partial charge on any atom is 0.0449 e. The number of rotatable bonds is 3.